The Morgan fingerprint density at radius 3 is 2.87 bits per heavy atom. The normalized spacial score (nSPS) is 14.5. The third-order valence-electron chi connectivity index (χ3n) is 3.14. The van der Waals surface area contributed by atoms with E-state index in [0.717, 1.165) is 17.0 Å². The van der Waals surface area contributed by atoms with Gasteiger partial charge >= 0.3 is 4.94 Å². The molecule has 0 unspecified atom stereocenters. The van der Waals surface area contributed by atoms with Crippen LogP contribution in [0.2, 0.25) is 0 Å². The molecule has 23 heavy (non-hydrogen) atoms. The highest BCUT2D eigenvalue weighted by Gasteiger charge is 2.24. The second-order valence-electron chi connectivity index (χ2n) is 4.58. The molecule has 0 atom stereocenters. The lowest BCUT2D eigenvalue weighted by molar-refractivity contribution is 0.408. The van der Waals surface area contributed by atoms with Crippen LogP contribution in [0.1, 0.15) is 0 Å². The van der Waals surface area contributed by atoms with Crippen LogP contribution in [0.3, 0.4) is 0 Å². The monoisotopic (exact) mass is 346 g/mol. The third-order valence-corrected chi connectivity index (χ3v) is 5.15. The van der Waals surface area contributed by atoms with Crippen molar-refractivity contribution in [3.8, 4) is 5.75 Å². The highest BCUT2D eigenvalue weighted by Crippen LogP contribution is 2.39. The summed E-state index contributed by atoms with van der Waals surface area (Å²) in [7, 11) is 0. The van der Waals surface area contributed by atoms with Gasteiger partial charge < -0.3 is 9.52 Å². The van der Waals surface area contributed by atoms with Gasteiger partial charge in [0, 0.05) is 11.9 Å². The number of phenols is 1. The number of aromatic hydroxyl groups is 1. The van der Waals surface area contributed by atoms with Crippen LogP contribution in [0, 0.1) is 0 Å². The summed E-state index contributed by atoms with van der Waals surface area (Å²) in [6.45, 7) is 0. The molecule has 7 nitrogen and oxygen atoms in total. The van der Waals surface area contributed by atoms with Crippen LogP contribution in [0.25, 0.3) is 10.3 Å². The molecule has 0 saturated heterocycles. The van der Waals surface area contributed by atoms with Crippen molar-refractivity contribution >= 4 is 45.6 Å². The van der Waals surface area contributed by atoms with Gasteiger partial charge in [0.05, 0.1) is 15.3 Å². The zero-order valence-electron chi connectivity index (χ0n) is 11.5. The Morgan fingerprint density at radius 2 is 2.04 bits per heavy atom. The van der Waals surface area contributed by atoms with Crippen LogP contribution in [0.5, 0.6) is 5.75 Å². The second kappa shape index (κ2) is 5.61. The maximum Gasteiger partial charge on any atom is 0.396 e. The molecule has 1 aliphatic rings. The standard InChI is InChI=1S/C14H10N4O3S2/c19-10-6-7-11-13(22-14(20)21-11)12(10)23-18-16-15-8-17(18)9-4-2-1-3-5-9/h1-8,16,19H. The fourth-order valence-electron chi connectivity index (χ4n) is 2.12. The Kier molecular flexibility index (Phi) is 3.45. The van der Waals surface area contributed by atoms with Crippen molar-refractivity contribution in [1.82, 2.24) is 10.1 Å². The number of hydrogen-bond acceptors (Lipinski definition) is 9. The van der Waals surface area contributed by atoms with E-state index < -0.39 is 4.94 Å². The quantitative estimate of drug-likeness (QED) is 0.706. The number of nitrogens with one attached hydrogen (secondary N) is 1. The number of rotatable bonds is 3. The van der Waals surface area contributed by atoms with Gasteiger partial charge in [-0.05, 0) is 28.8 Å². The predicted molar refractivity (Wildman–Crippen MR) is 90.3 cm³/mol. The maximum absolute atomic E-state index is 11.5. The van der Waals surface area contributed by atoms with Gasteiger partial charge in [-0.2, -0.15) is 5.10 Å². The molecule has 1 aromatic heterocycles. The predicted octanol–water partition coefficient (Wildman–Crippen LogP) is 2.75. The number of fused-ring (bicyclic) bond motifs is 1. The molecule has 0 amide bonds. The number of hydrogen-bond donors (Lipinski definition) is 2. The van der Waals surface area contributed by atoms with Crippen molar-refractivity contribution < 1.29 is 9.52 Å². The van der Waals surface area contributed by atoms with Gasteiger partial charge in [-0.15, -0.1) is 0 Å². The van der Waals surface area contributed by atoms with Gasteiger partial charge in [0.2, 0.25) is 0 Å². The minimum absolute atomic E-state index is 0.0706. The summed E-state index contributed by atoms with van der Waals surface area (Å²) >= 11 is 2.16. The minimum atomic E-state index is -0.405. The van der Waals surface area contributed by atoms with E-state index in [9.17, 15) is 9.90 Å². The average Bonchev–Trinajstić information content (AvgIpc) is 3.17. The zero-order chi connectivity index (χ0) is 15.8. The summed E-state index contributed by atoms with van der Waals surface area (Å²) in [4.78, 5) is 11.6. The van der Waals surface area contributed by atoms with Crippen molar-refractivity contribution in [3.05, 3.63) is 52.2 Å². The molecule has 9 heteroatoms. The van der Waals surface area contributed by atoms with E-state index in [-0.39, 0.29) is 5.75 Å². The van der Waals surface area contributed by atoms with Crippen LogP contribution in [-0.4, -0.2) is 16.0 Å². The van der Waals surface area contributed by atoms with Gasteiger partial charge in [0.25, 0.3) is 0 Å². The largest absolute Gasteiger partial charge is 0.507 e. The van der Waals surface area contributed by atoms with E-state index in [1.54, 1.807) is 21.9 Å². The summed E-state index contributed by atoms with van der Waals surface area (Å²) in [6, 6.07) is 12.7. The number of benzene rings is 2. The first-order valence-corrected chi connectivity index (χ1v) is 8.18. The Labute approximate surface area is 138 Å². The van der Waals surface area contributed by atoms with Gasteiger partial charge in [-0.3, -0.25) is 0 Å². The molecule has 3 aromatic rings. The number of phenolic OH excluding ortho intramolecular Hbond substituents is 1. The van der Waals surface area contributed by atoms with Crippen LogP contribution in [0.15, 0.2) is 61.7 Å². The molecule has 0 saturated carbocycles. The van der Waals surface area contributed by atoms with Crippen molar-refractivity contribution in [2.24, 2.45) is 5.10 Å². The van der Waals surface area contributed by atoms with Crippen molar-refractivity contribution in [1.29, 1.82) is 0 Å². The minimum Gasteiger partial charge on any atom is -0.507 e. The molecule has 0 spiro atoms. The van der Waals surface area contributed by atoms with Crippen LogP contribution in [0.4, 0.5) is 5.69 Å². The van der Waals surface area contributed by atoms with Crippen molar-refractivity contribution in [2.45, 2.75) is 4.90 Å². The van der Waals surface area contributed by atoms with Crippen LogP contribution < -0.4 is 15.5 Å². The molecule has 2 N–H and O–H groups in total. The number of hydrazine groups is 2. The van der Waals surface area contributed by atoms with E-state index in [1.165, 1.54) is 18.0 Å². The molecule has 0 fully saturated rings. The van der Waals surface area contributed by atoms with E-state index in [0.29, 0.717) is 15.2 Å². The number of anilines is 1. The lowest BCUT2D eigenvalue weighted by Crippen LogP contribution is -2.37. The molecule has 2 heterocycles. The summed E-state index contributed by atoms with van der Waals surface area (Å²) in [5, 5.41) is 16.0. The molecule has 1 aliphatic heterocycles. The molecule has 2 aromatic carbocycles. The maximum atomic E-state index is 11.5. The molecular formula is C14H10N4O3S2. The molecule has 4 rings (SSSR count). The van der Waals surface area contributed by atoms with Crippen molar-refractivity contribution in [3.63, 3.8) is 0 Å². The zero-order valence-corrected chi connectivity index (χ0v) is 13.2. The number of hydrazone groups is 1. The van der Waals surface area contributed by atoms with Gasteiger partial charge in [-0.25, -0.2) is 15.3 Å². The fourth-order valence-corrected chi connectivity index (χ4v) is 3.89. The Morgan fingerprint density at radius 1 is 1.22 bits per heavy atom. The highest BCUT2D eigenvalue weighted by molar-refractivity contribution is 7.97. The Hall–Kier alpha value is -2.49. The molecular weight excluding hydrogens is 336 g/mol. The highest BCUT2D eigenvalue weighted by atomic mass is 32.2. The van der Waals surface area contributed by atoms with Gasteiger partial charge in [0.1, 0.15) is 12.1 Å². The summed E-state index contributed by atoms with van der Waals surface area (Å²) in [5.41, 5.74) is 4.18. The molecule has 0 radical (unpaired) electrons. The second-order valence-corrected chi connectivity index (χ2v) is 6.47. The van der Waals surface area contributed by atoms with E-state index in [2.05, 4.69) is 10.6 Å². The van der Waals surface area contributed by atoms with Gasteiger partial charge in [-0.1, -0.05) is 29.5 Å². The van der Waals surface area contributed by atoms with Crippen LogP contribution in [-0.2, 0) is 0 Å². The van der Waals surface area contributed by atoms with Crippen molar-refractivity contribution in [2.75, 3.05) is 5.01 Å². The first-order chi connectivity index (χ1) is 11.2. The smallest absolute Gasteiger partial charge is 0.396 e. The lowest BCUT2D eigenvalue weighted by atomic mass is 10.3. The Bertz CT molecular complexity index is 938. The summed E-state index contributed by atoms with van der Waals surface area (Å²) in [6.07, 6.45) is 1.62. The van der Waals surface area contributed by atoms with E-state index >= 15 is 0 Å². The lowest BCUT2D eigenvalue weighted by Gasteiger charge is -2.25. The Balaban J connectivity index is 1.71. The topological polar surface area (TPSA) is 81.3 Å². The molecule has 0 bridgehead atoms. The SMILES string of the molecule is O=c1oc2ccc(O)c(SN3NN=CN3c3ccccc3)c2s1. The van der Waals surface area contributed by atoms with Crippen LogP contribution >= 0.6 is 23.3 Å². The number of nitrogens with zero attached hydrogens (tertiary/aromatic N) is 3. The summed E-state index contributed by atoms with van der Waals surface area (Å²) in [5.74, 6) is 0.0706. The molecule has 0 aliphatic carbocycles. The number of para-hydroxylation sites is 1. The molecule has 116 valence electrons. The van der Waals surface area contributed by atoms with E-state index in [1.807, 2.05) is 30.3 Å². The first-order valence-electron chi connectivity index (χ1n) is 6.59. The van der Waals surface area contributed by atoms with E-state index in [4.69, 9.17) is 4.42 Å². The first kappa shape index (κ1) is 14.1. The summed E-state index contributed by atoms with van der Waals surface area (Å²) < 4.78 is 7.34. The van der Waals surface area contributed by atoms with Gasteiger partial charge in [0.15, 0.2) is 5.58 Å². The fraction of sp³-hybridized carbons (Fsp3) is 0. The average molecular weight is 346 g/mol. The third kappa shape index (κ3) is 2.54.